The van der Waals surface area contributed by atoms with E-state index in [9.17, 15) is 0 Å². The van der Waals surface area contributed by atoms with Gasteiger partial charge in [0.2, 0.25) is 0 Å². The predicted octanol–water partition coefficient (Wildman–Crippen LogP) is 4.29. The molecule has 0 spiro atoms. The van der Waals surface area contributed by atoms with Gasteiger partial charge in [0.1, 0.15) is 0 Å². The maximum atomic E-state index is 2.33. The number of hydrogen-bond donors (Lipinski definition) is 0. The molecule has 2 rings (SSSR count). The highest BCUT2D eigenvalue weighted by molar-refractivity contribution is 5.40. The van der Waals surface area contributed by atoms with Crippen LogP contribution in [0.3, 0.4) is 0 Å². The van der Waals surface area contributed by atoms with Gasteiger partial charge in [-0.15, -0.1) is 0 Å². The van der Waals surface area contributed by atoms with E-state index < -0.39 is 0 Å². The Kier molecular flexibility index (Phi) is 2.77. The molecule has 0 aliphatic heterocycles. The summed E-state index contributed by atoms with van der Waals surface area (Å²) in [5, 5.41) is 0. The summed E-state index contributed by atoms with van der Waals surface area (Å²) in [6.07, 6.45) is 7.80. The molecule has 1 atom stereocenters. The second-order valence-electron chi connectivity index (χ2n) is 4.49. The standard InChI is InChI=1S/C15H18/c1-11-8-9-13(3)15(10-11)14-7-5-4-6-12(14)2/h4-6,8-10,14H,7H2,1-3H3. The lowest BCUT2D eigenvalue weighted by molar-refractivity contribution is 0.789. The Balaban J connectivity index is 2.41. The van der Waals surface area contributed by atoms with Crippen LogP contribution in [0, 0.1) is 13.8 Å². The van der Waals surface area contributed by atoms with Gasteiger partial charge in [-0.25, -0.2) is 0 Å². The smallest absolute Gasteiger partial charge is 0.00858 e. The van der Waals surface area contributed by atoms with Crippen molar-refractivity contribution >= 4 is 0 Å². The van der Waals surface area contributed by atoms with Crippen LogP contribution in [0.15, 0.2) is 42.0 Å². The summed E-state index contributed by atoms with van der Waals surface area (Å²) in [6.45, 7) is 6.61. The zero-order valence-electron chi connectivity index (χ0n) is 9.75. The fourth-order valence-corrected chi connectivity index (χ4v) is 2.24. The number of allylic oxidation sites excluding steroid dienone is 4. The minimum Gasteiger partial charge on any atom is -0.0836 e. The van der Waals surface area contributed by atoms with Crippen LogP contribution in [0.5, 0.6) is 0 Å². The van der Waals surface area contributed by atoms with Crippen molar-refractivity contribution in [3.8, 4) is 0 Å². The summed E-state index contributed by atoms with van der Waals surface area (Å²) in [7, 11) is 0. The molecule has 0 heteroatoms. The van der Waals surface area contributed by atoms with E-state index in [0.717, 1.165) is 6.42 Å². The zero-order chi connectivity index (χ0) is 10.8. The van der Waals surface area contributed by atoms with Crippen LogP contribution in [-0.4, -0.2) is 0 Å². The van der Waals surface area contributed by atoms with Gasteiger partial charge in [0, 0.05) is 5.92 Å². The Morgan fingerprint density at radius 1 is 1.13 bits per heavy atom. The third kappa shape index (κ3) is 2.04. The molecule has 1 aromatic rings. The van der Waals surface area contributed by atoms with E-state index in [1.54, 1.807) is 0 Å². The Morgan fingerprint density at radius 2 is 1.93 bits per heavy atom. The van der Waals surface area contributed by atoms with E-state index in [1.165, 1.54) is 22.3 Å². The molecule has 0 nitrogen and oxygen atoms in total. The molecule has 0 aromatic heterocycles. The highest BCUT2D eigenvalue weighted by Crippen LogP contribution is 2.33. The SMILES string of the molecule is CC1=CC=CCC1c1cc(C)ccc1C. The lowest BCUT2D eigenvalue weighted by atomic mass is 9.83. The van der Waals surface area contributed by atoms with E-state index in [-0.39, 0.29) is 0 Å². The van der Waals surface area contributed by atoms with Crippen LogP contribution in [-0.2, 0) is 0 Å². The number of benzene rings is 1. The molecule has 0 radical (unpaired) electrons. The summed E-state index contributed by atoms with van der Waals surface area (Å²) < 4.78 is 0. The van der Waals surface area contributed by atoms with E-state index in [4.69, 9.17) is 0 Å². The molecule has 0 saturated heterocycles. The normalized spacial score (nSPS) is 20.2. The summed E-state index contributed by atoms with van der Waals surface area (Å²) >= 11 is 0. The van der Waals surface area contributed by atoms with Gasteiger partial charge in [-0.1, -0.05) is 47.6 Å². The molecular weight excluding hydrogens is 180 g/mol. The summed E-state index contributed by atoms with van der Waals surface area (Å²) in [4.78, 5) is 0. The van der Waals surface area contributed by atoms with Gasteiger partial charge in [-0.2, -0.15) is 0 Å². The van der Waals surface area contributed by atoms with E-state index in [2.05, 4.69) is 57.2 Å². The maximum Gasteiger partial charge on any atom is 0.00858 e. The van der Waals surface area contributed by atoms with Gasteiger partial charge in [-0.05, 0) is 38.3 Å². The van der Waals surface area contributed by atoms with Crippen molar-refractivity contribution in [3.05, 3.63) is 58.7 Å². The molecule has 1 aromatic carbocycles. The largest absolute Gasteiger partial charge is 0.0836 e. The van der Waals surface area contributed by atoms with Crippen LogP contribution in [0.25, 0.3) is 0 Å². The van der Waals surface area contributed by atoms with Gasteiger partial charge in [0.25, 0.3) is 0 Å². The highest BCUT2D eigenvalue weighted by Gasteiger charge is 2.15. The molecular formula is C15H18. The molecule has 0 bridgehead atoms. The lowest BCUT2D eigenvalue weighted by Crippen LogP contribution is -2.04. The van der Waals surface area contributed by atoms with Crippen LogP contribution in [0.1, 0.15) is 36.0 Å². The third-order valence-corrected chi connectivity index (χ3v) is 3.23. The Hall–Kier alpha value is -1.30. The van der Waals surface area contributed by atoms with Gasteiger partial charge >= 0.3 is 0 Å². The number of hydrogen-bond acceptors (Lipinski definition) is 0. The highest BCUT2D eigenvalue weighted by atomic mass is 14.2. The third-order valence-electron chi connectivity index (χ3n) is 3.23. The van der Waals surface area contributed by atoms with Crippen molar-refractivity contribution in [3.63, 3.8) is 0 Å². The lowest BCUT2D eigenvalue weighted by Gasteiger charge is -2.21. The van der Waals surface area contributed by atoms with Crippen molar-refractivity contribution in [1.82, 2.24) is 0 Å². The fraction of sp³-hybridized carbons (Fsp3) is 0.333. The van der Waals surface area contributed by atoms with Crippen LogP contribution in [0.4, 0.5) is 0 Å². The number of rotatable bonds is 1. The first-order valence-electron chi connectivity index (χ1n) is 5.59. The molecule has 0 N–H and O–H groups in total. The Bertz CT molecular complexity index is 422. The molecule has 0 saturated carbocycles. The minimum atomic E-state index is 0.592. The molecule has 0 fully saturated rings. The summed E-state index contributed by atoms with van der Waals surface area (Å²) in [5.41, 5.74) is 5.74. The summed E-state index contributed by atoms with van der Waals surface area (Å²) in [6, 6.07) is 6.75. The first-order valence-corrected chi connectivity index (χ1v) is 5.59. The minimum absolute atomic E-state index is 0.592. The van der Waals surface area contributed by atoms with Crippen molar-refractivity contribution in [1.29, 1.82) is 0 Å². The van der Waals surface area contributed by atoms with Gasteiger partial charge < -0.3 is 0 Å². The second kappa shape index (κ2) is 4.06. The molecule has 1 aliphatic carbocycles. The maximum absolute atomic E-state index is 2.33. The molecule has 0 heterocycles. The Morgan fingerprint density at radius 3 is 2.67 bits per heavy atom. The van der Waals surface area contributed by atoms with Crippen LogP contribution in [0.2, 0.25) is 0 Å². The van der Waals surface area contributed by atoms with Crippen molar-refractivity contribution in [2.45, 2.75) is 33.1 Å². The van der Waals surface area contributed by atoms with Gasteiger partial charge in [0.05, 0.1) is 0 Å². The number of aryl methyl sites for hydroxylation is 2. The average molecular weight is 198 g/mol. The topological polar surface area (TPSA) is 0 Å². The van der Waals surface area contributed by atoms with Crippen molar-refractivity contribution in [2.75, 3.05) is 0 Å². The van der Waals surface area contributed by atoms with Crippen molar-refractivity contribution < 1.29 is 0 Å². The second-order valence-corrected chi connectivity index (χ2v) is 4.49. The quantitative estimate of drug-likeness (QED) is 0.631. The average Bonchev–Trinajstić information content (AvgIpc) is 2.23. The zero-order valence-corrected chi connectivity index (χ0v) is 9.75. The van der Waals surface area contributed by atoms with Crippen molar-refractivity contribution in [2.24, 2.45) is 0 Å². The summed E-state index contributed by atoms with van der Waals surface area (Å²) in [5.74, 6) is 0.592. The monoisotopic (exact) mass is 198 g/mol. The first-order chi connectivity index (χ1) is 7.18. The van der Waals surface area contributed by atoms with Gasteiger partial charge in [-0.3, -0.25) is 0 Å². The van der Waals surface area contributed by atoms with Gasteiger partial charge in [0.15, 0.2) is 0 Å². The predicted molar refractivity (Wildman–Crippen MR) is 66.2 cm³/mol. The first kappa shape index (κ1) is 10.2. The van der Waals surface area contributed by atoms with E-state index in [0.29, 0.717) is 5.92 Å². The molecule has 0 amide bonds. The molecule has 15 heavy (non-hydrogen) atoms. The Labute approximate surface area is 92.3 Å². The molecule has 1 unspecified atom stereocenters. The van der Waals surface area contributed by atoms with Crippen LogP contribution >= 0.6 is 0 Å². The van der Waals surface area contributed by atoms with Crippen LogP contribution < -0.4 is 0 Å². The molecule has 1 aliphatic rings. The fourth-order valence-electron chi connectivity index (χ4n) is 2.24. The molecule has 78 valence electrons. The van der Waals surface area contributed by atoms with E-state index in [1.807, 2.05) is 0 Å². The van der Waals surface area contributed by atoms with E-state index >= 15 is 0 Å².